The van der Waals surface area contributed by atoms with E-state index in [1.54, 1.807) is 19.1 Å². The van der Waals surface area contributed by atoms with E-state index in [9.17, 15) is 18.5 Å². The van der Waals surface area contributed by atoms with Crippen LogP contribution in [0.4, 0.5) is 17.1 Å². The first-order valence-electron chi connectivity index (χ1n) is 5.87. The molecule has 0 aliphatic rings. The molecular formula is C13H12N2O5S. The molecule has 110 valence electrons. The number of nitrogens with one attached hydrogen (secondary N) is 1. The molecule has 7 nitrogen and oxygen atoms in total. The number of nitro benzene ring substituents is 1. The Morgan fingerprint density at radius 3 is 2.19 bits per heavy atom. The molecule has 0 unspecified atom stereocenters. The van der Waals surface area contributed by atoms with Crippen LogP contribution in [0.1, 0.15) is 5.56 Å². The van der Waals surface area contributed by atoms with E-state index >= 15 is 0 Å². The maximum absolute atomic E-state index is 11.2. The topological polar surface area (TPSA) is 110 Å². The van der Waals surface area contributed by atoms with E-state index in [0.717, 1.165) is 0 Å². The van der Waals surface area contributed by atoms with Crippen molar-refractivity contribution >= 4 is 27.2 Å². The van der Waals surface area contributed by atoms with E-state index < -0.39 is 15.0 Å². The van der Waals surface area contributed by atoms with Gasteiger partial charge in [-0.05, 0) is 36.8 Å². The van der Waals surface area contributed by atoms with Crippen LogP contribution in [0, 0.1) is 17.0 Å². The van der Waals surface area contributed by atoms with Gasteiger partial charge in [-0.1, -0.05) is 6.07 Å². The Balaban J connectivity index is 2.30. The van der Waals surface area contributed by atoms with Gasteiger partial charge in [-0.3, -0.25) is 14.7 Å². The molecule has 0 saturated heterocycles. The smallest absolute Gasteiger partial charge is 0.294 e. The largest absolute Gasteiger partial charge is 0.355 e. The number of nitrogens with zero attached hydrogens (tertiary/aromatic N) is 1. The summed E-state index contributed by atoms with van der Waals surface area (Å²) in [7, 11) is -4.30. The second-order valence-corrected chi connectivity index (χ2v) is 5.77. The highest BCUT2D eigenvalue weighted by Gasteiger charge is 2.13. The van der Waals surface area contributed by atoms with Gasteiger partial charge in [0, 0.05) is 23.5 Å². The van der Waals surface area contributed by atoms with Crippen molar-refractivity contribution in [2.75, 3.05) is 5.32 Å². The number of benzene rings is 2. The van der Waals surface area contributed by atoms with Crippen LogP contribution in [0.3, 0.4) is 0 Å². The summed E-state index contributed by atoms with van der Waals surface area (Å²) in [5.41, 5.74) is 1.39. The molecule has 0 fully saturated rings. The van der Waals surface area contributed by atoms with E-state index in [0.29, 0.717) is 16.9 Å². The number of aryl methyl sites for hydroxylation is 1. The second-order valence-electron chi connectivity index (χ2n) is 4.38. The van der Waals surface area contributed by atoms with Gasteiger partial charge in [0.15, 0.2) is 0 Å². The molecule has 8 heteroatoms. The molecule has 2 rings (SSSR count). The highest BCUT2D eigenvalue weighted by atomic mass is 32.2. The third-order valence-electron chi connectivity index (χ3n) is 2.83. The maximum atomic E-state index is 11.2. The van der Waals surface area contributed by atoms with Crippen molar-refractivity contribution < 1.29 is 17.9 Å². The fourth-order valence-corrected chi connectivity index (χ4v) is 2.54. The summed E-state index contributed by atoms with van der Waals surface area (Å²) < 4.78 is 31.6. The van der Waals surface area contributed by atoms with Crippen molar-refractivity contribution in [2.24, 2.45) is 0 Å². The summed E-state index contributed by atoms with van der Waals surface area (Å²) in [5, 5.41) is 13.5. The number of non-ortho nitro benzene ring substituents is 1. The van der Waals surface area contributed by atoms with Crippen LogP contribution in [-0.4, -0.2) is 17.9 Å². The molecule has 0 atom stereocenters. The van der Waals surface area contributed by atoms with Crippen LogP contribution in [0.25, 0.3) is 0 Å². The SMILES string of the molecule is Cc1ccc(Nc2ccc([N+](=O)[O-])cc2)cc1S(=O)(=O)O. The van der Waals surface area contributed by atoms with Gasteiger partial charge in [0.05, 0.1) is 9.82 Å². The summed E-state index contributed by atoms with van der Waals surface area (Å²) in [6.07, 6.45) is 0. The first kappa shape index (κ1) is 14.9. The van der Waals surface area contributed by atoms with Crippen LogP contribution < -0.4 is 5.32 Å². The molecule has 0 aliphatic carbocycles. The molecule has 2 aromatic rings. The quantitative estimate of drug-likeness (QED) is 0.510. The van der Waals surface area contributed by atoms with Crippen molar-refractivity contribution in [3.8, 4) is 0 Å². The predicted octanol–water partition coefficient (Wildman–Crippen LogP) is 2.89. The van der Waals surface area contributed by atoms with Crippen molar-refractivity contribution in [1.82, 2.24) is 0 Å². The highest BCUT2D eigenvalue weighted by Crippen LogP contribution is 2.24. The third kappa shape index (κ3) is 3.56. The maximum Gasteiger partial charge on any atom is 0.294 e. The zero-order chi connectivity index (χ0) is 15.6. The summed E-state index contributed by atoms with van der Waals surface area (Å²) in [4.78, 5) is 9.86. The molecule has 0 aliphatic heterocycles. The fraction of sp³-hybridized carbons (Fsp3) is 0.0769. The van der Waals surface area contributed by atoms with Crippen LogP contribution in [0.15, 0.2) is 47.4 Å². The Labute approximate surface area is 121 Å². The van der Waals surface area contributed by atoms with Crippen LogP contribution >= 0.6 is 0 Å². The predicted molar refractivity (Wildman–Crippen MR) is 77.4 cm³/mol. The molecule has 0 bridgehead atoms. The van der Waals surface area contributed by atoms with E-state index in [1.807, 2.05) is 0 Å². The highest BCUT2D eigenvalue weighted by molar-refractivity contribution is 7.85. The summed E-state index contributed by atoms with van der Waals surface area (Å²) in [5.74, 6) is 0. The monoisotopic (exact) mass is 308 g/mol. The van der Waals surface area contributed by atoms with Crippen molar-refractivity contribution in [3.63, 3.8) is 0 Å². The summed E-state index contributed by atoms with van der Waals surface area (Å²) in [6, 6.07) is 10.2. The number of hydrogen-bond acceptors (Lipinski definition) is 5. The van der Waals surface area contributed by atoms with Gasteiger partial charge in [-0.15, -0.1) is 0 Å². The first-order valence-corrected chi connectivity index (χ1v) is 7.31. The zero-order valence-electron chi connectivity index (χ0n) is 11.0. The minimum absolute atomic E-state index is 0.0388. The van der Waals surface area contributed by atoms with E-state index in [1.165, 1.54) is 30.3 Å². The van der Waals surface area contributed by atoms with Gasteiger partial charge in [0.25, 0.3) is 15.8 Å². The molecule has 0 aromatic heterocycles. The molecule has 0 saturated carbocycles. The van der Waals surface area contributed by atoms with Crippen LogP contribution in [-0.2, 0) is 10.1 Å². The Hall–Kier alpha value is -2.45. The summed E-state index contributed by atoms with van der Waals surface area (Å²) >= 11 is 0. The van der Waals surface area contributed by atoms with Gasteiger partial charge >= 0.3 is 0 Å². The normalized spacial score (nSPS) is 11.1. The Morgan fingerprint density at radius 2 is 1.67 bits per heavy atom. The van der Waals surface area contributed by atoms with Gasteiger partial charge in [-0.2, -0.15) is 8.42 Å². The molecule has 2 aromatic carbocycles. The van der Waals surface area contributed by atoms with Crippen LogP contribution in [0.5, 0.6) is 0 Å². The number of nitro groups is 1. The lowest BCUT2D eigenvalue weighted by Gasteiger charge is -2.09. The molecule has 21 heavy (non-hydrogen) atoms. The minimum Gasteiger partial charge on any atom is -0.355 e. The molecule has 0 spiro atoms. The standard InChI is InChI=1S/C13H12N2O5S/c1-9-2-3-11(8-13(9)21(18,19)20)14-10-4-6-12(7-5-10)15(16)17/h2-8,14H,1H3,(H,18,19,20). The van der Waals surface area contributed by atoms with E-state index in [2.05, 4.69) is 5.32 Å². The molecule has 0 amide bonds. The molecule has 2 N–H and O–H groups in total. The minimum atomic E-state index is -4.30. The number of hydrogen-bond donors (Lipinski definition) is 2. The number of anilines is 2. The van der Waals surface area contributed by atoms with Crippen molar-refractivity contribution in [3.05, 3.63) is 58.1 Å². The van der Waals surface area contributed by atoms with Crippen LogP contribution in [0.2, 0.25) is 0 Å². The fourth-order valence-electron chi connectivity index (χ4n) is 1.79. The Bertz CT molecular complexity index is 785. The summed E-state index contributed by atoms with van der Waals surface area (Å²) in [6.45, 7) is 1.57. The van der Waals surface area contributed by atoms with E-state index in [-0.39, 0.29) is 10.6 Å². The first-order chi connectivity index (χ1) is 9.77. The second kappa shape index (κ2) is 5.51. The molecular weight excluding hydrogens is 296 g/mol. The average molecular weight is 308 g/mol. The molecule has 0 heterocycles. The third-order valence-corrected chi connectivity index (χ3v) is 3.83. The van der Waals surface area contributed by atoms with Crippen molar-refractivity contribution in [2.45, 2.75) is 11.8 Å². The zero-order valence-corrected chi connectivity index (χ0v) is 11.8. The lowest BCUT2D eigenvalue weighted by molar-refractivity contribution is -0.384. The van der Waals surface area contributed by atoms with Gasteiger partial charge in [0.2, 0.25) is 0 Å². The average Bonchev–Trinajstić information content (AvgIpc) is 2.40. The lowest BCUT2D eigenvalue weighted by atomic mass is 10.2. The molecule has 0 radical (unpaired) electrons. The van der Waals surface area contributed by atoms with Gasteiger partial charge in [0.1, 0.15) is 0 Å². The van der Waals surface area contributed by atoms with Crippen molar-refractivity contribution in [1.29, 1.82) is 0 Å². The Morgan fingerprint density at radius 1 is 1.10 bits per heavy atom. The van der Waals surface area contributed by atoms with Gasteiger partial charge < -0.3 is 5.32 Å². The van der Waals surface area contributed by atoms with Gasteiger partial charge in [-0.25, -0.2) is 0 Å². The Kier molecular flexibility index (Phi) is 3.92. The number of rotatable bonds is 4. The van der Waals surface area contributed by atoms with E-state index in [4.69, 9.17) is 4.55 Å². The lowest BCUT2D eigenvalue weighted by Crippen LogP contribution is -2.02.